The van der Waals surface area contributed by atoms with Gasteiger partial charge in [0.1, 0.15) is 11.5 Å². The van der Waals surface area contributed by atoms with Gasteiger partial charge in [0.15, 0.2) is 0 Å². The molecule has 0 aliphatic heterocycles. The maximum atomic E-state index is 9.39. The van der Waals surface area contributed by atoms with E-state index in [1.165, 1.54) is 0 Å². The van der Waals surface area contributed by atoms with Gasteiger partial charge in [-0.3, -0.25) is 0 Å². The van der Waals surface area contributed by atoms with E-state index in [-0.39, 0.29) is 11.9 Å². The van der Waals surface area contributed by atoms with Crippen molar-refractivity contribution >= 4 is 5.69 Å². The molecule has 100 valence electrons. The van der Waals surface area contributed by atoms with Gasteiger partial charge in [0, 0.05) is 18.3 Å². The molecular weight excluding hydrogens is 238 g/mol. The second kappa shape index (κ2) is 6.14. The predicted octanol–water partition coefficient (Wildman–Crippen LogP) is 3.79. The highest BCUT2D eigenvalue weighted by atomic mass is 16.5. The second-order valence-electron chi connectivity index (χ2n) is 4.72. The number of hydrogen-bond acceptors (Lipinski definition) is 3. The van der Waals surface area contributed by atoms with E-state index in [2.05, 4.69) is 5.32 Å². The maximum absolute atomic E-state index is 9.39. The summed E-state index contributed by atoms with van der Waals surface area (Å²) in [6.07, 6.45) is 0.175. The predicted molar refractivity (Wildman–Crippen MR) is 77.6 cm³/mol. The van der Waals surface area contributed by atoms with Gasteiger partial charge in [-0.05, 0) is 43.7 Å². The molecule has 0 heterocycles. The van der Waals surface area contributed by atoms with Crippen molar-refractivity contribution in [1.82, 2.24) is 0 Å². The first-order valence-corrected chi connectivity index (χ1v) is 6.42. The summed E-state index contributed by atoms with van der Waals surface area (Å²) in [4.78, 5) is 0. The van der Waals surface area contributed by atoms with Crippen LogP contribution in [0.3, 0.4) is 0 Å². The van der Waals surface area contributed by atoms with E-state index in [1.54, 1.807) is 12.1 Å². The second-order valence-corrected chi connectivity index (χ2v) is 4.72. The summed E-state index contributed by atoms with van der Waals surface area (Å²) in [5.41, 5.74) is 2.04. The molecular formula is C16H19NO2. The number of hydrogen-bond donors (Lipinski definition) is 2. The van der Waals surface area contributed by atoms with Gasteiger partial charge in [0.05, 0.1) is 6.10 Å². The smallest absolute Gasteiger partial charge is 0.120 e. The van der Waals surface area contributed by atoms with Crippen molar-refractivity contribution in [2.24, 2.45) is 0 Å². The molecule has 0 aliphatic carbocycles. The molecule has 0 radical (unpaired) electrons. The van der Waals surface area contributed by atoms with Crippen LogP contribution in [-0.4, -0.2) is 11.2 Å². The number of phenolic OH excluding ortho intramolecular Hbond substituents is 1. The third-order valence-corrected chi connectivity index (χ3v) is 2.61. The van der Waals surface area contributed by atoms with Crippen LogP contribution in [0.15, 0.2) is 48.5 Å². The molecule has 3 nitrogen and oxygen atoms in total. The van der Waals surface area contributed by atoms with Gasteiger partial charge in [0.2, 0.25) is 0 Å². The molecule has 2 N–H and O–H groups in total. The Balaban J connectivity index is 1.99. The van der Waals surface area contributed by atoms with E-state index in [0.717, 1.165) is 17.0 Å². The van der Waals surface area contributed by atoms with Crippen molar-refractivity contribution < 1.29 is 9.84 Å². The van der Waals surface area contributed by atoms with Crippen LogP contribution < -0.4 is 10.1 Å². The first-order valence-electron chi connectivity index (χ1n) is 6.42. The van der Waals surface area contributed by atoms with E-state index < -0.39 is 0 Å². The van der Waals surface area contributed by atoms with E-state index in [9.17, 15) is 5.11 Å². The molecule has 3 heteroatoms. The third kappa shape index (κ3) is 4.21. The Kier molecular flexibility index (Phi) is 4.29. The van der Waals surface area contributed by atoms with Crippen LogP contribution in [0, 0.1) is 0 Å². The monoisotopic (exact) mass is 257 g/mol. The number of phenols is 1. The number of aromatic hydroxyl groups is 1. The Bertz CT molecular complexity index is 538. The molecule has 0 aliphatic rings. The van der Waals surface area contributed by atoms with Crippen molar-refractivity contribution in [3.8, 4) is 11.5 Å². The fraction of sp³-hybridized carbons (Fsp3) is 0.250. The van der Waals surface area contributed by atoms with Crippen LogP contribution in [0.4, 0.5) is 5.69 Å². The molecule has 0 saturated heterocycles. The molecule has 19 heavy (non-hydrogen) atoms. The first kappa shape index (κ1) is 13.3. The summed E-state index contributed by atoms with van der Waals surface area (Å²) in [5, 5.41) is 12.7. The zero-order valence-electron chi connectivity index (χ0n) is 11.3. The molecule has 0 fully saturated rings. The fourth-order valence-corrected chi connectivity index (χ4v) is 1.82. The molecule has 0 unspecified atom stereocenters. The quantitative estimate of drug-likeness (QED) is 0.856. The number of ether oxygens (including phenoxy) is 1. The lowest BCUT2D eigenvalue weighted by Crippen LogP contribution is -2.06. The van der Waals surface area contributed by atoms with Crippen LogP contribution in [0.25, 0.3) is 0 Å². The zero-order chi connectivity index (χ0) is 13.7. The number of anilines is 1. The van der Waals surface area contributed by atoms with E-state index in [1.807, 2.05) is 50.2 Å². The normalized spacial score (nSPS) is 10.5. The molecule has 0 spiro atoms. The fourth-order valence-electron chi connectivity index (χ4n) is 1.82. The van der Waals surface area contributed by atoms with Crippen molar-refractivity contribution in [3.05, 3.63) is 54.1 Å². The number of rotatable bonds is 5. The van der Waals surface area contributed by atoms with Gasteiger partial charge in [-0.15, -0.1) is 0 Å². The lowest BCUT2D eigenvalue weighted by Gasteiger charge is -2.12. The number of nitrogens with one attached hydrogen (secondary N) is 1. The minimum atomic E-state index is 0.175. The highest BCUT2D eigenvalue weighted by Crippen LogP contribution is 2.18. The molecule has 2 rings (SSSR count). The van der Waals surface area contributed by atoms with Gasteiger partial charge < -0.3 is 15.2 Å². The average molecular weight is 257 g/mol. The van der Waals surface area contributed by atoms with E-state index >= 15 is 0 Å². The molecule has 2 aromatic carbocycles. The summed E-state index contributed by atoms with van der Waals surface area (Å²) in [7, 11) is 0. The topological polar surface area (TPSA) is 41.5 Å². The Hall–Kier alpha value is -2.16. The molecule has 0 amide bonds. The molecule has 0 saturated carbocycles. The van der Waals surface area contributed by atoms with Crippen LogP contribution >= 0.6 is 0 Å². The molecule has 2 aromatic rings. The van der Waals surface area contributed by atoms with Gasteiger partial charge in [0.25, 0.3) is 0 Å². The summed E-state index contributed by atoms with van der Waals surface area (Å²) < 4.78 is 5.66. The minimum absolute atomic E-state index is 0.175. The summed E-state index contributed by atoms with van der Waals surface area (Å²) in [5.74, 6) is 1.15. The standard InChI is InChI=1S/C16H19NO2/c1-12(2)19-16-8-3-5-13(9-16)11-17-14-6-4-7-15(18)10-14/h3-10,12,17-18H,11H2,1-2H3. The lowest BCUT2D eigenvalue weighted by atomic mass is 10.2. The summed E-state index contributed by atoms with van der Waals surface area (Å²) in [6, 6.07) is 15.1. The highest BCUT2D eigenvalue weighted by Gasteiger charge is 2.00. The minimum Gasteiger partial charge on any atom is -0.508 e. The Labute approximate surface area is 113 Å². The Morgan fingerprint density at radius 3 is 2.63 bits per heavy atom. The Morgan fingerprint density at radius 2 is 1.89 bits per heavy atom. The van der Waals surface area contributed by atoms with Crippen LogP contribution in [-0.2, 0) is 6.54 Å². The van der Waals surface area contributed by atoms with Crippen molar-refractivity contribution in [3.63, 3.8) is 0 Å². The van der Waals surface area contributed by atoms with Gasteiger partial charge in [-0.1, -0.05) is 18.2 Å². The average Bonchev–Trinajstić information content (AvgIpc) is 2.36. The van der Waals surface area contributed by atoms with Gasteiger partial charge in [-0.25, -0.2) is 0 Å². The van der Waals surface area contributed by atoms with Crippen LogP contribution in [0.2, 0.25) is 0 Å². The van der Waals surface area contributed by atoms with Gasteiger partial charge in [-0.2, -0.15) is 0 Å². The van der Waals surface area contributed by atoms with E-state index in [0.29, 0.717) is 6.54 Å². The van der Waals surface area contributed by atoms with Crippen molar-refractivity contribution in [1.29, 1.82) is 0 Å². The summed E-state index contributed by atoms with van der Waals surface area (Å²) in [6.45, 7) is 4.72. The molecule has 0 aromatic heterocycles. The van der Waals surface area contributed by atoms with Crippen LogP contribution in [0.1, 0.15) is 19.4 Å². The molecule has 0 bridgehead atoms. The number of benzene rings is 2. The first-order chi connectivity index (χ1) is 9.13. The van der Waals surface area contributed by atoms with E-state index in [4.69, 9.17) is 4.74 Å². The van der Waals surface area contributed by atoms with Crippen LogP contribution in [0.5, 0.6) is 11.5 Å². The third-order valence-electron chi connectivity index (χ3n) is 2.61. The Morgan fingerprint density at radius 1 is 1.11 bits per heavy atom. The lowest BCUT2D eigenvalue weighted by molar-refractivity contribution is 0.242. The SMILES string of the molecule is CC(C)Oc1cccc(CNc2cccc(O)c2)c1. The maximum Gasteiger partial charge on any atom is 0.120 e. The summed E-state index contributed by atoms with van der Waals surface area (Å²) >= 11 is 0. The largest absolute Gasteiger partial charge is 0.508 e. The van der Waals surface area contributed by atoms with Crippen molar-refractivity contribution in [2.75, 3.05) is 5.32 Å². The van der Waals surface area contributed by atoms with Crippen molar-refractivity contribution in [2.45, 2.75) is 26.5 Å². The molecule has 0 atom stereocenters. The van der Waals surface area contributed by atoms with Gasteiger partial charge >= 0.3 is 0 Å². The zero-order valence-corrected chi connectivity index (χ0v) is 11.3. The highest BCUT2D eigenvalue weighted by molar-refractivity contribution is 5.48.